The van der Waals surface area contributed by atoms with Crippen LogP contribution in [-0.4, -0.2) is 27.3 Å². The van der Waals surface area contributed by atoms with E-state index in [2.05, 4.69) is 0 Å². The van der Waals surface area contributed by atoms with Crippen molar-refractivity contribution in [2.75, 3.05) is 0 Å². The van der Waals surface area contributed by atoms with Crippen molar-refractivity contribution in [2.24, 2.45) is 0 Å². The van der Waals surface area contributed by atoms with Gasteiger partial charge in [0.25, 0.3) is 0 Å². The van der Waals surface area contributed by atoms with Gasteiger partial charge in [-0.1, -0.05) is 12.1 Å². The smallest absolute Gasteiger partial charge is 0.335 e. The molecular formula is C16H14O5. The summed E-state index contributed by atoms with van der Waals surface area (Å²) in [7, 11) is 0. The Hall–Kier alpha value is -2.82. The van der Waals surface area contributed by atoms with Gasteiger partial charge >= 0.3 is 11.9 Å². The maximum atomic E-state index is 11.0. The number of aromatic hydroxyl groups is 1. The monoisotopic (exact) mass is 286 g/mol. The van der Waals surface area contributed by atoms with Gasteiger partial charge < -0.3 is 15.3 Å². The summed E-state index contributed by atoms with van der Waals surface area (Å²) >= 11 is 0. The minimum atomic E-state index is -1.15. The summed E-state index contributed by atoms with van der Waals surface area (Å²) in [5.41, 5.74) is 1.57. The summed E-state index contributed by atoms with van der Waals surface area (Å²) < 4.78 is 0. The fourth-order valence-corrected chi connectivity index (χ4v) is 2.03. The molecule has 2 rings (SSSR count). The van der Waals surface area contributed by atoms with E-state index in [1.54, 1.807) is 24.3 Å². The second kappa shape index (κ2) is 6.09. The van der Waals surface area contributed by atoms with Gasteiger partial charge in [0.15, 0.2) is 0 Å². The zero-order valence-electron chi connectivity index (χ0n) is 11.1. The van der Waals surface area contributed by atoms with Gasteiger partial charge in [0, 0.05) is 0 Å². The Labute approximate surface area is 121 Å². The topological polar surface area (TPSA) is 94.8 Å². The summed E-state index contributed by atoms with van der Waals surface area (Å²) in [6.07, 6.45) is 1.15. The molecule has 0 bridgehead atoms. The summed E-state index contributed by atoms with van der Waals surface area (Å²) in [5, 5.41) is 27.2. The molecule has 0 aliphatic rings. The van der Waals surface area contributed by atoms with E-state index in [0.717, 1.165) is 11.6 Å². The van der Waals surface area contributed by atoms with Crippen LogP contribution in [-0.2, 0) is 12.8 Å². The maximum Gasteiger partial charge on any atom is 0.335 e. The van der Waals surface area contributed by atoms with Gasteiger partial charge in [0.2, 0.25) is 0 Å². The summed E-state index contributed by atoms with van der Waals surface area (Å²) in [4.78, 5) is 22.0. The molecular weight excluding hydrogens is 272 g/mol. The van der Waals surface area contributed by atoms with Crippen molar-refractivity contribution in [2.45, 2.75) is 12.8 Å². The molecule has 0 amide bonds. The fourth-order valence-electron chi connectivity index (χ4n) is 2.03. The van der Waals surface area contributed by atoms with Crippen LogP contribution in [0.2, 0.25) is 0 Å². The van der Waals surface area contributed by atoms with Crippen molar-refractivity contribution >= 4 is 11.9 Å². The number of rotatable bonds is 5. The Morgan fingerprint density at radius 2 is 1.24 bits per heavy atom. The lowest BCUT2D eigenvalue weighted by atomic mass is 10.00. The number of phenolic OH excluding ortho intramolecular Hbond substituents is 1. The number of aryl methyl sites for hydroxylation is 2. The second-order valence-electron chi connectivity index (χ2n) is 4.70. The second-order valence-corrected chi connectivity index (χ2v) is 4.70. The highest BCUT2D eigenvalue weighted by molar-refractivity contribution is 5.94. The minimum absolute atomic E-state index is 0.0318. The predicted molar refractivity (Wildman–Crippen MR) is 75.9 cm³/mol. The Morgan fingerprint density at radius 1 is 0.762 bits per heavy atom. The van der Waals surface area contributed by atoms with E-state index in [-0.39, 0.29) is 16.9 Å². The summed E-state index contributed by atoms with van der Waals surface area (Å²) in [5.74, 6) is -2.12. The van der Waals surface area contributed by atoms with Crippen molar-refractivity contribution in [3.05, 3.63) is 64.7 Å². The third-order valence-electron chi connectivity index (χ3n) is 3.13. The molecule has 0 radical (unpaired) electrons. The molecule has 0 unspecified atom stereocenters. The standard InChI is InChI=1S/C16H14O5/c17-14-5-3-10(4-6-14)1-2-11-7-12(15(18)19)9-13(8-11)16(20)21/h3-9,17H,1-2H2,(H,18,19)(H,20,21). The zero-order chi connectivity index (χ0) is 15.4. The normalized spacial score (nSPS) is 10.3. The first kappa shape index (κ1) is 14.6. The van der Waals surface area contributed by atoms with Gasteiger partial charge in [-0.15, -0.1) is 0 Å². The van der Waals surface area contributed by atoms with Gasteiger partial charge in [0.05, 0.1) is 11.1 Å². The van der Waals surface area contributed by atoms with Gasteiger partial charge in [-0.25, -0.2) is 9.59 Å². The summed E-state index contributed by atoms with van der Waals surface area (Å²) in [6, 6.07) is 10.8. The first-order valence-corrected chi connectivity index (χ1v) is 6.34. The molecule has 0 saturated heterocycles. The van der Waals surface area contributed by atoms with Crippen LogP contribution in [0, 0.1) is 0 Å². The van der Waals surface area contributed by atoms with E-state index in [9.17, 15) is 14.7 Å². The average molecular weight is 286 g/mol. The summed E-state index contributed by atoms with van der Waals surface area (Å²) in [6.45, 7) is 0. The van der Waals surface area contributed by atoms with Crippen molar-refractivity contribution < 1.29 is 24.9 Å². The molecule has 5 heteroatoms. The largest absolute Gasteiger partial charge is 0.508 e. The van der Waals surface area contributed by atoms with Crippen LogP contribution in [0.1, 0.15) is 31.8 Å². The number of aromatic carboxylic acids is 2. The fraction of sp³-hybridized carbons (Fsp3) is 0.125. The Bertz CT molecular complexity index is 641. The maximum absolute atomic E-state index is 11.0. The molecule has 0 aliphatic heterocycles. The van der Waals surface area contributed by atoms with E-state index >= 15 is 0 Å². The molecule has 0 heterocycles. The quantitative estimate of drug-likeness (QED) is 0.785. The molecule has 3 N–H and O–H groups in total. The molecule has 2 aromatic rings. The molecule has 2 aromatic carbocycles. The molecule has 0 fully saturated rings. The minimum Gasteiger partial charge on any atom is -0.508 e. The number of phenols is 1. The van der Waals surface area contributed by atoms with Crippen molar-refractivity contribution in [3.8, 4) is 5.75 Å². The van der Waals surface area contributed by atoms with Gasteiger partial charge in [-0.05, 0) is 54.3 Å². The highest BCUT2D eigenvalue weighted by Gasteiger charge is 2.11. The van der Waals surface area contributed by atoms with Gasteiger partial charge in [-0.3, -0.25) is 0 Å². The van der Waals surface area contributed by atoms with Crippen LogP contribution in [0.25, 0.3) is 0 Å². The first-order valence-electron chi connectivity index (χ1n) is 6.34. The number of hydrogen-bond donors (Lipinski definition) is 3. The van der Waals surface area contributed by atoms with Gasteiger partial charge in [-0.2, -0.15) is 0 Å². The lowest BCUT2D eigenvalue weighted by Gasteiger charge is -2.06. The van der Waals surface area contributed by atoms with E-state index in [1.807, 2.05) is 0 Å². The number of carbonyl (C=O) groups is 2. The predicted octanol–water partition coefficient (Wildman–Crippen LogP) is 2.57. The van der Waals surface area contributed by atoms with Crippen LogP contribution >= 0.6 is 0 Å². The van der Waals surface area contributed by atoms with Gasteiger partial charge in [0.1, 0.15) is 5.75 Å². The lowest BCUT2D eigenvalue weighted by molar-refractivity contribution is 0.0696. The van der Waals surface area contributed by atoms with Crippen molar-refractivity contribution in [3.63, 3.8) is 0 Å². The number of benzene rings is 2. The average Bonchev–Trinajstić information content (AvgIpc) is 2.46. The highest BCUT2D eigenvalue weighted by atomic mass is 16.4. The molecule has 5 nitrogen and oxygen atoms in total. The molecule has 108 valence electrons. The zero-order valence-corrected chi connectivity index (χ0v) is 11.1. The third kappa shape index (κ3) is 3.82. The van der Waals surface area contributed by atoms with E-state index in [4.69, 9.17) is 10.2 Å². The van der Waals surface area contributed by atoms with Crippen LogP contribution < -0.4 is 0 Å². The number of hydrogen-bond acceptors (Lipinski definition) is 3. The van der Waals surface area contributed by atoms with Crippen molar-refractivity contribution in [1.29, 1.82) is 0 Å². The molecule has 0 atom stereocenters. The van der Waals surface area contributed by atoms with Crippen LogP contribution in [0.4, 0.5) is 0 Å². The molecule has 0 aliphatic carbocycles. The Balaban J connectivity index is 2.20. The van der Waals surface area contributed by atoms with E-state index < -0.39 is 11.9 Å². The first-order chi connectivity index (χ1) is 9.95. The van der Waals surface area contributed by atoms with Crippen LogP contribution in [0.5, 0.6) is 5.75 Å². The molecule has 0 saturated carbocycles. The number of carboxylic acids is 2. The lowest BCUT2D eigenvalue weighted by Crippen LogP contribution is -2.04. The Morgan fingerprint density at radius 3 is 1.71 bits per heavy atom. The SMILES string of the molecule is O=C(O)c1cc(CCc2ccc(O)cc2)cc(C(=O)O)c1. The molecule has 21 heavy (non-hydrogen) atoms. The highest BCUT2D eigenvalue weighted by Crippen LogP contribution is 2.15. The molecule has 0 aromatic heterocycles. The van der Waals surface area contributed by atoms with Crippen molar-refractivity contribution in [1.82, 2.24) is 0 Å². The Kier molecular flexibility index (Phi) is 4.23. The third-order valence-corrected chi connectivity index (χ3v) is 3.13. The van der Waals surface area contributed by atoms with E-state index in [1.165, 1.54) is 12.1 Å². The van der Waals surface area contributed by atoms with Crippen LogP contribution in [0.15, 0.2) is 42.5 Å². The van der Waals surface area contributed by atoms with Crippen LogP contribution in [0.3, 0.4) is 0 Å². The number of carboxylic acid groups (broad SMARTS) is 2. The molecule has 0 spiro atoms. The van der Waals surface area contributed by atoms with E-state index in [0.29, 0.717) is 18.4 Å².